The maximum Gasteiger partial charge on any atom is 0.245 e. The van der Waals surface area contributed by atoms with Gasteiger partial charge in [0.1, 0.15) is 6.04 Å². The van der Waals surface area contributed by atoms with Crippen molar-refractivity contribution in [3.8, 4) is 0 Å². The Kier molecular flexibility index (Phi) is 2.35. The zero-order chi connectivity index (χ0) is 7.40. The van der Waals surface area contributed by atoms with E-state index in [4.69, 9.17) is 10.5 Å². The highest BCUT2D eigenvalue weighted by Gasteiger charge is 2.09. The highest BCUT2D eigenvalue weighted by molar-refractivity contribution is 4.83. The van der Waals surface area contributed by atoms with E-state index in [9.17, 15) is 0 Å². The second-order valence-corrected chi connectivity index (χ2v) is 1.84. The van der Waals surface area contributed by atoms with Crippen LogP contribution in [0.5, 0.6) is 0 Å². The number of methoxy groups -OCH3 is 1. The number of nitrogens with zero attached hydrogens (tertiary/aromatic N) is 2. The molecule has 5 heteroatoms. The molecule has 1 rings (SSSR count). The molecule has 1 atom stereocenters. The molecule has 5 nitrogen and oxygen atoms in total. The lowest BCUT2D eigenvalue weighted by atomic mass is 10.3. The monoisotopic (exact) mass is 143 g/mol. The van der Waals surface area contributed by atoms with Crippen LogP contribution in [0, 0.1) is 0 Å². The van der Waals surface area contributed by atoms with Gasteiger partial charge in [0, 0.05) is 7.11 Å². The van der Waals surface area contributed by atoms with Gasteiger partial charge in [0.2, 0.25) is 5.89 Å². The number of hydrogen-bond donors (Lipinski definition) is 1. The molecule has 0 saturated heterocycles. The molecular formula is C5H9N3O2. The third-order valence-corrected chi connectivity index (χ3v) is 1.04. The predicted molar refractivity (Wildman–Crippen MR) is 33.1 cm³/mol. The Morgan fingerprint density at radius 1 is 1.90 bits per heavy atom. The summed E-state index contributed by atoms with van der Waals surface area (Å²) >= 11 is 0. The largest absolute Gasteiger partial charge is 0.383 e. The first-order valence-electron chi connectivity index (χ1n) is 2.85. The highest BCUT2D eigenvalue weighted by Crippen LogP contribution is 2.03. The smallest absolute Gasteiger partial charge is 0.245 e. The Hall–Kier alpha value is -0.940. The van der Waals surface area contributed by atoms with Crippen LogP contribution in [-0.2, 0) is 4.74 Å². The standard InChI is InChI=1S/C5H9N3O2/c1-9-2-4(6)5-7-3-8-10-5/h3-4H,2,6H2,1H3. The fraction of sp³-hybridized carbons (Fsp3) is 0.600. The van der Waals surface area contributed by atoms with Crippen LogP contribution < -0.4 is 5.73 Å². The quantitative estimate of drug-likeness (QED) is 0.629. The fourth-order valence-electron chi connectivity index (χ4n) is 0.596. The Bertz CT molecular complexity index is 175. The molecule has 10 heavy (non-hydrogen) atoms. The van der Waals surface area contributed by atoms with Crippen LogP contribution >= 0.6 is 0 Å². The van der Waals surface area contributed by atoms with E-state index in [-0.39, 0.29) is 6.04 Å². The molecule has 1 aromatic rings. The van der Waals surface area contributed by atoms with Crippen molar-refractivity contribution < 1.29 is 9.26 Å². The summed E-state index contributed by atoms with van der Waals surface area (Å²) in [6.45, 7) is 0.391. The molecule has 2 N–H and O–H groups in total. The molecule has 0 aliphatic carbocycles. The van der Waals surface area contributed by atoms with Crippen LogP contribution in [-0.4, -0.2) is 23.9 Å². The first kappa shape index (κ1) is 7.17. The van der Waals surface area contributed by atoms with Crippen molar-refractivity contribution in [3.05, 3.63) is 12.2 Å². The molecule has 0 saturated carbocycles. The summed E-state index contributed by atoms with van der Waals surface area (Å²) in [5.41, 5.74) is 5.53. The molecule has 56 valence electrons. The topological polar surface area (TPSA) is 74.2 Å². The van der Waals surface area contributed by atoms with Crippen molar-refractivity contribution in [1.82, 2.24) is 10.1 Å². The fourth-order valence-corrected chi connectivity index (χ4v) is 0.596. The number of rotatable bonds is 3. The summed E-state index contributed by atoms with van der Waals surface area (Å²) in [6.07, 6.45) is 1.31. The maximum atomic E-state index is 5.53. The molecule has 1 aromatic heterocycles. The Labute approximate surface area is 58.2 Å². The van der Waals surface area contributed by atoms with Crippen molar-refractivity contribution in [1.29, 1.82) is 0 Å². The van der Waals surface area contributed by atoms with E-state index in [2.05, 4.69) is 14.7 Å². The summed E-state index contributed by atoms with van der Waals surface area (Å²) in [5, 5.41) is 3.40. The highest BCUT2D eigenvalue weighted by atomic mass is 16.5. The lowest BCUT2D eigenvalue weighted by Gasteiger charge is -2.02. The SMILES string of the molecule is COCC(N)c1ncno1. The second kappa shape index (κ2) is 3.28. The minimum atomic E-state index is -0.313. The van der Waals surface area contributed by atoms with Gasteiger partial charge in [-0.2, -0.15) is 4.98 Å². The van der Waals surface area contributed by atoms with Crippen LogP contribution in [0.15, 0.2) is 10.9 Å². The molecule has 0 aliphatic rings. The average molecular weight is 143 g/mol. The van der Waals surface area contributed by atoms with E-state index >= 15 is 0 Å². The Balaban J connectivity index is 2.50. The van der Waals surface area contributed by atoms with Gasteiger partial charge >= 0.3 is 0 Å². The van der Waals surface area contributed by atoms with Gasteiger partial charge in [0.25, 0.3) is 0 Å². The van der Waals surface area contributed by atoms with Gasteiger partial charge in [0.05, 0.1) is 6.61 Å². The summed E-state index contributed by atoms with van der Waals surface area (Å²) in [7, 11) is 1.57. The van der Waals surface area contributed by atoms with E-state index in [0.29, 0.717) is 12.5 Å². The van der Waals surface area contributed by atoms with Gasteiger partial charge in [-0.1, -0.05) is 5.16 Å². The zero-order valence-corrected chi connectivity index (χ0v) is 5.65. The van der Waals surface area contributed by atoms with E-state index in [1.54, 1.807) is 7.11 Å². The molecule has 1 unspecified atom stereocenters. The van der Waals surface area contributed by atoms with Crippen molar-refractivity contribution in [2.24, 2.45) is 5.73 Å². The number of hydrogen-bond acceptors (Lipinski definition) is 5. The Morgan fingerprint density at radius 2 is 2.70 bits per heavy atom. The van der Waals surface area contributed by atoms with Crippen LogP contribution in [0.3, 0.4) is 0 Å². The third kappa shape index (κ3) is 1.52. The van der Waals surface area contributed by atoms with Crippen molar-refractivity contribution >= 4 is 0 Å². The van der Waals surface area contributed by atoms with Crippen molar-refractivity contribution in [3.63, 3.8) is 0 Å². The normalized spacial score (nSPS) is 13.4. The molecule has 0 aromatic carbocycles. The van der Waals surface area contributed by atoms with Crippen LogP contribution in [0.4, 0.5) is 0 Å². The predicted octanol–water partition coefficient (Wildman–Crippen LogP) is -0.284. The summed E-state index contributed by atoms with van der Waals surface area (Å²) in [6, 6.07) is -0.313. The first-order chi connectivity index (χ1) is 4.84. The number of aromatic nitrogens is 2. The summed E-state index contributed by atoms with van der Waals surface area (Å²) in [5.74, 6) is 0.404. The third-order valence-electron chi connectivity index (χ3n) is 1.04. The van der Waals surface area contributed by atoms with E-state index < -0.39 is 0 Å². The van der Waals surface area contributed by atoms with Crippen LogP contribution in [0.2, 0.25) is 0 Å². The summed E-state index contributed by atoms with van der Waals surface area (Å²) < 4.78 is 9.46. The molecule has 0 amide bonds. The van der Waals surface area contributed by atoms with Crippen LogP contribution in [0.25, 0.3) is 0 Å². The maximum absolute atomic E-state index is 5.53. The van der Waals surface area contributed by atoms with Gasteiger partial charge in [0.15, 0.2) is 6.33 Å². The zero-order valence-electron chi connectivity index (χ0n) is 5.65. The van der Waals surface area contributed by atoms with Gasteiger partial charge in [-0.05, 0) is 0 Å². The molecule has 0 aliphatic heterocycles. The van der Waals surface area contributed by atoms with Gasteiger partial charge < -0.3 is 15.0 Å². The lowest BCUT2D eigenvalue weighted by molar-refractivity contribution is 0.166. The van der Waals surface area contributed by atoms with Gasteiger partial charge in [-0.3, -0.25) is 0 Å². The first-order valence-corrected chi connectivity index (χ1v) is 2.85. The molecule has 0 spiro atoms. The van der Waals surface area contributed by atoms with Crippen LogP contribution in [0.1, 0.15) is 11.9 Å². The van der Waals surface area contributed by atoms with Crippen molar-refractivity contribution in [2.75, 3.05) is 13.7 Å². The van der Waals surface area contributed by atoms with Gasteiger partial charge in [-0.25, -0.2) is 0 Å². The minimum absolute atomic E-state index is 0.313. The van der Waals surface area contributed by atoms with E-state index in [1.165, 1.54) is 6.33 Å². The van der Waals surface area contributed by atoms with E-state index in [0.717, 1.165) is 0 Å². The molecule has 1 heterocycles. The van der Waals surface area contributed by atoms with Crippen molar-refractivity contribution in [2.45, 2.75) is 6.04 Å². The summed E-state index contributed by atoms with van der Waals surface area (Å²) in [4.78, 5) is 3.75. The van der Waals surface area contributed by atoms with Gasteiger partial charge in [-0.15, -0.1) is 0 Å². The van der Waals surface area contributed by atoms with E-state index in [1.807, 2.05) is 0 Å². The molecule has 0 fully saturated rings. The molecular weight excluding hydrogens is 134 g/mol. The Morgan fingerprint density at radius 3 is 3.20 bits per heavy atom. The number of ether oxygens (including phenoxy) is 1. The molecule has 0 bridgehead atoms. The minimum Gasteiger partial charge on any atom is -0.383 e. The average Bonchev–Trinajstić information content (AvgIpc) is 2.38. The lowest BCUT2D eigenvalue weighted by Crippen LogP contribution is -2.16. The molecule has 0 radical (unpaired) electrons. The number of nitrogens with two attached hydrogens (primary N) is 1. The second-order valence-electron chi connectivity index (χ2n) is 1.84.